The predicted molar refractivity (Wildman–Crippen MR) is 85.9 cm³/mol. The molecule has 1 fully saturated rings. The van der Waals surface area contributed by atoms with Crippen molar-refractivity contribution in [2.75, 3.05) is 30.0 Å². The first kappa shape index (κ1) is 15.2. The Morgan fingerprint density at radius 3 is 3.05 bits per heavy atom. The molecule has 118 valence electrons. The lowest BCUT2D eigenvalue weighted by Gasteiger charge is -2.19. The molecule has 1 amide bonds. The van der Waals surface area contributed by atoms with Crippen LogP contribution in [0.4, 0.5) is 5.82 Å². The van der Waals surface area contributed by atoms with Gasteiger partial charge in [-0.15, -0.1) is 11.3 Å². The van der Waals surface area contributed by atoms with E-state index in [2.05, 4.69) is 15.3 Å². The van der Waals surface area contributed by atoms with E-state index >= 15 is 0 Å². The van der Waals surface area contributed by atoms with Crippen LogP contribution in [0.2, 0.25) is 0 Å². The third-order valence-corrected chi connectivity index (χ3v) is 6.17. The molecule has 2 aromatic rings. The zero-order chi connectivity index (χ0) is 15.7. The Morgan fingerprint density at radius 1 is 1.50 bits per heavy atom. The molecule has 1 unspecified atom stereocenters. The predicted octanol–water partition coefficient (Wildman–Crippen LogP) is 0.431. The number of fused-ring (bicyclic) bond motifs is 1. The monoisotopic (exact) mass is 340 g/mol. The van der Waals surface area contributed by atoms with Crippen LogP contribution in [0.5, 0.6) is 0 Å². The normalized spacial score (nSPS) is 20.1. The molecular formula is C13H16N4O3S2. The highest BCUT2D eigenvalue weighted by Crippen LogP contribution is 2.25. The van der Waals surface area contributed by atoms with Crippen molar-refractivity contribution >= 4 is 43.1 Å². The van der Waals surface area contributed by atoms with Crippen molar-refractivity contribution < 1.29 is 13.2 Å². The molecule has 1 saturated heterocycles. The fraction of sp³-hybridized carbons (Fsp3) is 0.462. The molecule has 3 rings (SSSR count). The number of carbonyl (C=O) groups excluding carboxylic acids is 1. The minimum atomic E-state index is -2.99. The number of hydrogen-bond acceptors (Lipinski definition) is 7. The van der Waals surface area contributed by atoms with Gasteiger partial charge in [-0.1, -0.05) is 0 Å². The van der Waals surface area contributed by atoms with E-state index in [1.807, 2.05) is 11.4 Å². The van der Waals surface area contributed by atoms with Gasteiger partial charge in [-0.25, -0.2) is 18.4 Å². The number of hydrogen-bond donors (Lipinski definition) is 1. The lowest BCUT2D eigenvalue weighted by molar-refractivity contribution is -0.120. The summed E-state index contributed by atoms with van der Waals surface area (Å²) in [5.74, 6) is 0.673. The van der Waals surface area contributed by atoms with Gasteiger partial charge < -0.3 is 10.2 Å². The topological polar surface area (TPSA) is 92.3 Å². The van der Waals surface area contributed by atoms with Crippen molar-refractivity contribution in [2.24, 2.45) is 0 Å². The van der Waals surface area contributed by atoms with Gasteiger partial charge >= 0.3 is 0 Å². The van der Waals surface area contributed by atoms with E-state index < -0.39 is 9.84 Å². The highest BCUT2D eigenvalue weighted by molar-refractivity contribution is 7.91. The Balaban J connectivity index is 1.65. The number of thiophene rings is 1. The Hall–Kier alpha value is -1.74. The van der Waals surface area contributed by atoms with Crippen molar-refractivity contribution in [1.29, 1.82) is 0 Å². The van der Waals surface area contributed by atoms with Crippen LogP contribution in [0.1, 0.15) is 6.42 Å². The first-order valence-corrected chi connectivity index (χ1v) is 9.54. The van der Waals surface area contributed by atoms with Crippen LogP contribution >= 0.6 is 11.3 Å². The lowest BCUT2D eigenvalue weighted by atomic mass is 10.2. The van der Waals surface area contributed by atoms with E-state index in [0.717, 1.165) is 10.2 Å². The highest BCUT2D eigenvalue weighted by atomic mass is 32.2. The second kappa shape index (κ2) is 5.81. The first-order valence-electron chi connectivity index (χ1n) is 6.84. The average molecular weight is 340 g/mol. The molecule has 0 saturated carbocycles. The van der Waals surface area contributed by atoms with E-state index in [-0.39, 0.29) is 30.0 Å². The highest BCUT2D eigenvalue weighted by Gasteiger charge is 2.29. The van der Waals surface area contributed by atoms with Crippen LogP contribution in [0.3, 0.4) is 0 Å². The van der Waals surface area contributed by atoms with Crippen LogP contribution in [0, 0.1) is 0 Å². The van der Waals surface area contributed by atoms with Gasteiger partial charge in [0.25, 0.3) is 0 Å². The van der Waals surface area contributed by atoms with Gasteiger partial charge in [-0.3, -0.25) is 4.79 Å². The standard InChI is InChI=1S/C13H16N4O3S2/c1-17(12-10-2-4-21-13(10)15-8-14-12)6-11(18)16-9-3-5-22(19,20)7-9/h2,4,8-9H,3,5-7H2,1H3,(H,16,18). The Kier molecular flexibility index (Phi) is 4.00. The average Bonchev–Trinajstić information content (AvgIpc) is 3.04. The fourth-order valence-corrected chi connectivity index (χ4v) is 4.95. The molecule has 2 aromatic heterocycles. The molecule has 3 heterocycles. The first-order chi connectivity index (χ1) is 10.4. The summed E-state index contributed by atoms with van der Waals surface area (Å²) < 4.78 is 22.8. The van der Waals surface area contributed by atoms with Crippen LogP contribution in [-0.2, 0) is 14.6 Å². The van der Waals surface area contributed by atoms with Gasteiger partial charge in [0.1, 0.15) is 17.0 Å². The lowest BCUT2D eigenvalue weighted by Crippen LogP contribution is -2.41. The van der Waals surface area contributed by atoms with Gasteiger partial charge in [-0.2, -0.15) is 0 Å². The second-order valence-corrected chi connectivity index (χ2v) is 8.48. The van der Waals surface area contributed by atoms with Gasteiger partial charge in [-0.05, 0) is 17.9 Å². The summed E-state index contributed by atoms with van der Waals surface area (Å²) in [4.78, 5) is 23.1. The summed E-state index contributed by atoms with van der Waals surface area (Å²) in [6, 6.07) is 1.64. The number of amides is 1. The molecule has 1 aliphatic heterocycles. The number of nitrogens with zero attached hydrogens (tertiary/aromatic N) is 3. The molecule has 1 N–H and O–H groups in total. The SMILES string of the molecule is CN(CC(=O)NC1CCS(=O)(=O)C1)c1ncnc2sccc12. The van der Waals surface area contributed by atoms with Crippen molar-refractivity contribution in [3.05, 3.63) is 17.8 Å². The largest absolute Gasteiger partial charge is 0.351 e. The van der Waals surface area contributed by atoms with E-state index in [1.54, 1.807) is 11.9 Å². The summed E-state index contributed by atoms with van der Waals surface area (Å²) in [5.41, 5.74) is 0. The van der Waals surface area contributed by atoms with Gasteiger partial charge in [0.2, 0.25) is 5.91 Å². The van der Waals surface area contributed by atoms with E-state index in [0.29, 0.717) is 12.2 Å². The molecule has 0 aromatic carbocycles. The number of anilines is 1. The van der Waals surface area contributed by atoms with E-state index in [9.17, 15) is 13.2 Å². The second-order valence-electron chi connectivity index (χ2n) is 5.36. The smallest absolute Gasteiger partial charge is 0.239 e. The van der Waals surface area contributed by atoms with Crippen LogP contribution in [0.15, 0.2) is 17.8 Å². The van der Waals surface area contributed by atoms with Gasteiger partial charge in [0, 0.05) is 13.1 Å². The zero-order valence-electron chi connectivity index (χ0n) is 12.0. The fourth-order valence-electron chi connectivity index (χ4n) is 2.55. The number of likely N-dealkylation sites (N-methyl/N-ethyl adjacent to an activating group) is 1. The third-order valence-electron chi connectivity index (χ3n) is 3.58. The minimum Gasteiger partial charge on any atom is -0.351 e. The Morgan fingerprint density at radius 2 is 2.32 bits per heavy atom. The van der Waals surface area contributed by atoms with E-state index in [4.69, 9.17) is 0 Å². The summed E-state index contributed by atoms with van der Waals surface area (Å²) in [6.45, 7) is 0.124. The quantitative estimate of drug-likeness (QED) is 0.868. The number of rotatable bonds is 4. The molecule has 7 nitrogen and oxygen atoms in total. The maximum absolute atomic E-state index is 12.1. The number of sulfone groups is 1. The van der Waals surface area contributed by atoms with Gasteiger partial charge in [0.05, 0.1) is 23.4 Å². The molecule has 0 aliphatic carbocycles. The van der Waals surface area contributed by atoms with Crippen molar-refractivity contribution in [2.45, 2.75) is 12.5 Å². The molecule has 0 spiro atoms. The summed E-state index contributed by atoms with van der Waals surface area (Å²) in [6.07, 6.45) is 1.96. The zero-order valence-corrected chi connectivity index (χ0v) is 13.7. The van der Waals surface area contributed by atoms with Crippen LogP contribution in [0.25, 0.3) is 10.2 Å². The number of aromatic nitrogens is 2. The summed E-state index contributed by atoms with van der Waals surface area (Å²) in [5, 5.41) is 5.62. The number of carbonyl (C=O) groups is 1. The number of nitrogens with one attached hydrogen (secondary N) is 1. The van der Waals surface area contributed by atoms with E-state index in [1.165, 1.54) is 17.7 Å². The van der Waals surface area contributed by atoms with Crippen LogP contribution < -0.4 is 10.2 Å². The third kappa shape index (κ3) is 3.20. The van der Waals surface area contributed by atoms with Crippen LogP contribution in [-0.4, -0.2) is 55.4 Å². The molecule has 9 heteroatoms. The molecule has 1 aliphatic rings. The maximum Gasteiger partial charge on any atom is 0.239 e. The molecular weight excluding hydrogens is 324 g/mol. The summed E-state index contributed by atoms with van der Waals surface area (Å²) >= 11 is 1.52. The minimum absolute atomic E-state index is 0.0325. The molecule has 0 radical (unpaired) electrons. The van der Waals surface area contributed by atoms with Gasteiger partial charge in [0.15, 0.2) is 9.84 Å². The molecule has 1 atom stereocenters. The molecule has 22 heavy (non-hydrogen) atoms. The van der Waals surface area contributed by atoms with Crippen molar-refractivity contribution in [1.82, 2.24) is 15.3 Å². The van der Waals surface area contributed by atoms with Crippen molar-refractivity contribution in [3.63, 3.8) is 0 Å². The Labute approximate surface area is 132 Å². The summed E-state index contributed by atoms with van der Waals surface area (Å²) in [7, 11) is -1.21. The Bertz CT molecular complexity index is 802. The maximum atomic E-state index is 12.1. The van der Waals surface area contributed by atoms with Crippen molar-refractivity contribution in [3.8, 4) is 0 Å². The molecule has 0 bridgehead atoms.